The second-order valence-electron chi connectivity index (χ2n) is 11.3. The molecule has 0 spiro atoms. The number of hydrogen-bond donors (Lipinski definition) is 1. The first-order valence-electron chi connectivity index (χ1n) is 16.1. The number of carbonyl (C=O) groups is 1. The summed E-state index contributed by atoms with van der Waals surface area (Å²) in [5.41, 5.74) is 2.49. The summed E-state index contributed by atoms with van der Waals surface area (Å²) in [6, 6.07) is 11.3. The molecule has 1 N–H and O–H groups in total. The molecule has 0 aliphatic rings. The fraction of sp³-hybridized carbons (Fsp3) is 0.600. The Morgan fingerprint density at radius 1 is 0.786 bits per heavy atom. The number of hydrogen-bond acceptors (Lipinski definition) is 5. The highest BCUT2D eigenvalue weighted by atomic mass is 16.5. The lowest BCUT2D eigenvalue weighted by molar-refractivity contribution is 0.0936. The predicted octanol–water partition coefficient (Wildman–Crippen LogP) is 9.03. The number of para-hydroxylation sites is 2. The minimum Gasteiger partial charge on any atom is -0.493 e. The van der Waals surface area contributed by atoms with Gasteiger partial charge in [-0.25, -0.2) is 4.98 Å². The lowest BCUT2D eigenvalue weighted by atomic mass is 10.0. The summed E-state index contributed by atoms with van der Waals surface area (Å²) in [6.07, 6.45) is 18.8. The molecule has 2 aromatic carbocycles. The first-order chi connectivity index (χ1) is 20.5. The van der Waals surface area contributed by atoms with E-state index in [0.717, 1.165) is 29.8 Å². The average Bonchev–Trinajstić information content (AvgIpc) is 3.39. The van der Waals surface area contributed by atoms with Gasteiger partial charge in [0.1, 0.15) is 5.82 Å². The molecule has 1 unspecified atom stereocenters. The number of methoxy groups -OCH3 is 3. The van der Waals surface area contributed by atoms with Crippen LogP contribution < -0.4 is 19.5 Å². The summed E-state index contributed by atoms with van der Waals surface area (Å²) in [5, 5.41) is 3.13. The highest BCUT2D eigenvalue weighted by molar-refractivity contribution is 5.96. The van der Waals surface area contributed by atoms with Crippen LogP contribution in [-0.4, -0.2) is 36.8 Å². The van der Waals surface area contributed by atoms with Gasteiger partial charge in [0.25, 0.3) is 5.91 Å². The minimum atomic E-state index is -0.282. The van der Waals surface area contributed by atoms with Crippen LogP contribution in [-0.2, 0) is 6.54 Å². The van der Waals surface area contributed by atoms with Crippen molar-refractivity contribution in [1.82, 2.24) is 14.9 Å². The van der Waals surface area contributed by atoms with Crippen molar-refractivity contribution in [3.05, 3.63) is 47.8 Å². The Kier molecular flexibility index (Phi) is 14.5. The molecule has 7 nitrogen and oxygen atoms in total. The van der Waals surface area contributed by atoms with E-state index in [0.29, 0.717) is 22.8 Å². The van der Waals surface area contributed by atoms with E-state index in [1.165, 1.54) is 83.5 Å². The number of aryl methyl sites for hydroxylation is 1. The lowest BCUT2D eigenvalue weighted by Crippen LogP contribution is -2.29. The number of nitrogens with one attached hydrogen (secondary N) is 1. The number of ether oxygens (including phenoxy) is 3. The Balaban J connectivity index is 1.50. The smallest absolute Gasteiger partial charge is 0.252 e. The van der Waals surface area contributed by atoms with Gasteiger partial charge in [-0.2, -0.15) is 0 Å². The topological polar surface area (TPSA) is 74.6 Å². The third kappa shape index (κ3) is 9.67. The van der Waals surface area contributed by atoms with Crippen LogP contribution in [0.4, 0.5) is 0 Å². The van der Waals surface area contributed by atoms with Crippen molar-refractivity contribution >= 4 is 16.9 Å². The quantitative estimate of drug-likeness (QED) is 0.127. The van der Waals surface area contributed by atoms with E-state index in [4.69, 9.17) is 19.2 Å². The number of aromatic nitrogens is 2. The molecule has 3 aromatic rings. The molecule has 0 bridgehead atoms. The number of imidazole rings is 1. The number of unbranched alkanes of at least 4 members (excludes halogenated alkanes) is 13. The SMILES string of the molecule is CCCCCCCCCCCCCCCCn1c(C(C)NC(=O)c2cc(OC)c(OC)c(OC)c2)nc2ccccc21. The average molecular weight is 580 g/mol. The lowest BCUT2D eigenvalue weighted by Gasteiger charge is -2.18. The molecule has 0 saturated heterocycles. The maximum Gasteiger partial charge on any atom is 0.252 e. The molecule has 0 fully saturated rings. The molecule has 0 aliphatic carbocycles. The Labute approximate surface area is 253 Å². The van der Waals surface area contributed by atoms with Gasteiger partial charge in [-0.1, -0.05) is 103 Å². The fourth-order valence-electron chi connectivity index (χ4n) is 5.68. The van der Waals surface area contributed by atoms with Gasteiger partial charge in [-0.05, 0) is 37.6 Å². The Bertz CT molecular complexity index is 1200. The van der Waals surface area contributed by atoms with Gasteiger partial charge in [0.15, 0.2) is 11.5 Å². The number of benzene rings is 2. The molecule has 1 aromatic heterocycles. The van der Waals surface area contributed by atoms with Gasteiger partial charge in [0.05, 0.1) is 38.4 Å². The first-order valence-corrected chi connectivity index (χ1v) is 16.1. The van der Waals surface area contributed by atoms with Crippen LogP contribution in [0.25, 0.3) is 11.0 Å². The highest BCUT2D eigenvalue weighted by Gasteiger charge is 2.21. The minimum absolute atomic E-state index is 0.225. The Morgan fingerprint density at radius 2 is 1.31 bits per heavy atom. The molecule has 1 amide bonds. The number of carbonyl (C=O) groups excluding carboxylic acids is 1. The molecule has 3 rings (SSSR count). The van der Waals surface area contributed by atoms with Crippen LogP contribution in [0, 0.1) is 0 Å². The Morgan fingerprint density at radius 3 is 1.83 bits per heavy atom. The van der Waals surface area contributed by atoms with E-state index >= 15 is 0 Å². The largest absolute Gasteiger partial charge is 0.493 e. The molecule has 1 atom stereocenters. The molecule has 42 heavy (non-hydrogen) atoms. The van der Waals surface area contributed by atoms with Crippen LogP contribution in [0.3, 0.4) is 0 Å². The monoisotopic (exact) mass is 579 g/mol. The van der Waals surface area contributed by atoms with Crippen molar-refractivity contribution in [3.8, 4) is 17.2 Å². The molecule has 0 aliphatic heterocycles. The van der Waals surface area contributed by atoms with Crippen LogP contribution >= 0.6 is 0 Å². The molecule has 1 heterocycles. The summed E-state index contributed by atoms with van der Waals surface area (Å²) < 4.78 is 18.5. The fourth-order valence-corrected chi connectivity index (χ4v) is 5.68. The number of amides is 1. The van der Waals surface area contributed by atoms with Crippen molar-refractivity contribution in [2.75, 3.05) is 21.3 Å². The van der Waals surface area contributed by atoms with Crippen LogP contribution in [0.5, 0.6) is 17.2 Å². The molecule has 7 heteroatoms. The summed E-state index contributed by atoms with van der Waals surface area (Å²) in [7, 11) is 4.63. The summed E-state index contributed by atoms with van der Waals surface area (Å²) in [6.45, 7) is 5.15. The van der Waals surface area contributed by atoms with Crippen LogP contribution in [0.1, 0.15) is 126 Å². The molecule has 232 valence electrons. The van der Waals surface area contributed by atoms with Crippen LogP contribution in [0.2, 0.25) is 0 Å². The summed E-state index contributed by atoms with van der Waals surface area (Å²) in [4.78, 5) is 18.2. The highest BCUT2D eigenvalue weighted by Crippen LogP contribution is 2.38. The standard InChI is InChI=1S/C35H53N3O4/c1-6-7-8-9-10-11-12-13-14-15-16-17-18-21-24-38-30-23-20-19-22-29(30)37-34(38)27(2)36-35(39)28-25-31(40-3)33(42-5)32(26-28)41-4/h19-20,22-23,25-27H,6-18,21,24H2,1-5H3,(H,36,39). The van der Waals surface area contributed by atoms with Crippen molar-refractivity contribution < 1.29 is 19.0 Å². The summed E-state index contributed by atoms with van der Waals surface area (Å²) in [5.74, 6) is 1.99. The molecular weight excluding hydrogens is 526 g/mol. The third-order valence-corrected chi connectivity index (χ3v) is 8.08. The summed E-state index contributed by atoms with van der Waals surface area (Å²) >= 11 is 0. The Hall–Kier alpha value is -3.22. The second-order valence-corrected chi connectivity index (χ2v) is 11.3. The zero-order valence-electron chi connectivity index (χ0n) is 26.7. The zero-order valence-corrected chi connectivity index (χ0v) is 26.7. The molecule has 0 radical (unpaired) electrons. The van der Waals surface area contributed by atoms with Gasteiger partial charge in [-0.3, -0.25) is 4.79 Å². The molecular formula is C35H53N3O4. The maximum atomic E-state index is 13.3. The van der Waals surface area contributed by atoms with Gasteiger partial charge in [0, 0.05) is 12.1 Å². The van der Waals surface area contributed by atoms with E-state index in [1.807, 2.05) is 19.1 Å². The maximum absolute atomic E-state index is 13.3. The van der Waals surface area contributed by atoms with Crippen molar-refractivity contribution in [2.24, 2.45) is 0 Å². The number of nitrogens with zero attached hydrogens (tertiary/aromatic N) is 2. The van der Waals surface area contributed by atoms with Gasteiger partial charge in [-0.15, -0.1) is 0 Å². The van der Waals surface area contributed by atoms with Crippen molar-refractivity contribution in [1.29, 1.82) is 0 Å². The zero-order chi connectivity index (χ0) is 30.2. The van der Waals surface area contributed by atoms with Gasteiger partial charge < -0.3 is 24.1 Å². The van der Waals surface area contributed by atoms with E-state index < -0.39 is 0 Å². The van der Waals surface area contributed by atoms with Crippen molar-refractivity contribution in [2.45, 2.75) is 116 Å². The van der Waals surface area contributed by atoms with E-state index in [9.17, 15) is 4.79 Å². The first kappa shape index (κ1) is 33.3. The van der Waals surface area contributed by atoms with Crippen molar-refractivity contribution in [3.63, 3.8) is 0 Å². The predicted molar refractivity (Wildman–Crippen MR) is 172 cm³/mol. The van der Waals surface area contributed by atoms with Gasteiger partial charge >= 0.3 is 0 Å². The van der Waals surface area contributed by atoms with E-state index in [-0.39, 0.29) is 11.9 Å². The number of rotatable bonds is 21. The van der Waals surface area contributed by atoms with E-state index in [2.05, 4.69) is 28.9 Å². The number of fused-ring (bicyclic) bond motifs is 1. The normalized spacial score (nSPS) is 11.9. The second kappa shape index (κ2) is 18.3. The van der Waals surface area contributed by atoms with E-state index in [1.54, 1.807) is 33.5 Å². The third-order valence-electron chi connectivity index (χ3n) is 8.08. The molecule has 0 saturated carbocycles. The van der Waals surface area contributed by atoms with Crippen LogP contribution in [0.15, 0.2) is 36.4 Å². The van der Waals surface area contributed by atoms with Gasteiger partial charge in [0.2, 0.25) is 5.75 Å².